The molecule has 0 aliphatic heterocycles. The van der Waals surface area contributed by atoms with Crippen LogP contribution in [0.3, 0.4) is 0 Å². The summed E-state index contributed by atoms with van der Waals surface area (Å²) < 4.78 is 0. The number of carbonyl (C=O) groups excluding carboxylic acids is 1. The van der Waals surface area contributed by atoms with Gasteiger partial charge >= 0.3 is 0 Å². The van der Waals surface area contributed by atoms with E-state index in [9.17, 15) is 9.90 Å². The summed E-state index contributed by atoms with van der Waals surface area (Å²) in [6.07, 6.45) is 0. The van der Waals surface area contributed by atoms with Gasteiger partial charge in [0.15, 0.2) is 0 Å². The first-order valence-corrected chi connectivity index (χ1v) is 6.88. The fourth-order valence-electron chi connectivity index (χ4n) is 2.15. The molecule has 1 heterocycles. The fraction of sp³-hybridized carbons (Fsp3) is 0. The van der Waals surface area contributed by atoms with E-state index in [1.165, 1.54) is 6.07 Å². The summed E-state index contributed by atoms with van der Waals surface area (Å²) in [5.41, 5.74) is 1.88. The summed E-state index contributed by atoms with van der Waals surface area (Å²) in [4.78, 5) is 15.8. The van der Waals surface area contributed by atoms with Crippen LogP contribution in [0, 0.1) is 0 Å². The number of pyridine rings is 1. The van der Waals surface area contributed by atoms with Crippen LogP contribution in [0.5, 0.6) is 0 Å². The summed E-state index contributed by atoms with van der Waals surface area (Å²) in [6, 6.07) is 13.5. The Balaban J connectivity index is 2.28. The average Bonchev–Trinajstić information content (AvgIpc) is 2.48. The van der Waals surface area contributed by atoms with Crippen LogP contribution in [0.1, 0.15) is 10.4 Å². The Hall–Kier alpha value is -2.10. The number of rotatable bonds is 2. The lowest BCUT2D eigenvalue weighted by Gasteiger charge is -2.11. The monoisotopic (exact) mass is 316 g/mol. The van der Waals surface area contributed by atoms with E-state index in [2.05, 4.69) is 4.98 Å². The van der Waals surface area contributed by atoms with Gasteiger partial charge in [0.2, 0.25) is 0 Å². The summed E-state index contributed by atoms with van der Waals surface area (Å²) in [7, 11) is 0. The van der Waals surface area contributed by atoms with Crippen molar-refractivity contribution in [3.63, 3.8) is 0 Å². The van der Waals surface area contributed by atoms with Crippen LogP contribution >= 0.6 is 23.2 Å². The molecule has 104 valence electrons. The molecule has 21 heavy (non-hydrogen) atoms. The average molecular weight is 317 g/mol. The number of benzene rings is 2. The highest BCUT2D eigenvalue weighted by Gasteiger charge is 2.09. The quantitative estimate of drug-likeness (QED) is 0.726. The number of para-hydroxylation sites is 1. The molecule has 2 aromatic carbocycles. The molecule has 0 radical (unpaired) electrons. The molecule has 5 heteroatoms. The summed E-state index contributed by atoms with van der Waals surface area (Å²) >= 11 is 11.9. The van der Waals surface area contributed by atoms with Crippen LogP contribution in [-0.2, 0) is 0 Å². The molecule has 3 nitrogen and oxygen atoms in total. The van der Waals surface area contributed by atoms with Gasteiger partial charge in [-0.2, -0.15) is 0 Å². The molecule has 0 unspecified atom stereocenters. The second-order valence-corrected chi connectivity index (χ2v) is 5.30. The van der Waals surface area contributed by atoms with Crippen molar-refractivity contribution in [2.75, 3.05) is 0 Å². The van der Waals surface area contributed by atoms with E-state index >= 15 is 0 Å². The number of aromatic nitrogens is 1. The lowest BCUT2D eigenvalue weighted by Crippen LogP contribution is -2.22. The Kier molecular flexibility index (Phi) is 3.53. The van der Waals surface area contributed by atoms with E-state index in [-0.39, 0.29) is 5.56 Å². The van der Waals surface area contributed by atoms with Crippen molar-refractivity contribution in [2.24, 2.45) is 0 Å². The van der Waals surface area contributed by atoms with Gasteiger partial charge in [-0.05, 0) is 24.3 Å². The third-order valence-electron chi connectivity index (χ3n) is 3.15. The Bertz CT molecular complexity index is 862. The minimum absolute atomic E-state index is 0.0988. The minimum atomic E-state index is -1.24. The highest BCUT2D eigenvalue weighted by atomic mass is 35.5. The van der Waals surface area contributed by atoms with E-state index in [0.717, 1.165) is 0 Å². The van der Waals surface area contributed by atoms with Crippen LogP contribution in [0.25, 0.3) is 22.2 Å². The van der Waals surface area contributed by atoms with Gasteiger partial charge in [-0.15, -0.1) is 0 Å². The third-order valence-corrected chi connectivity index (χ3v) is 3.89. The lowest BCUT2D eigenvalue weighted by atomic mass is 10.0. The molecule has 0 N–H and O–H groups in total. The number of carboxylic acid groups (broad SMARTS) is 1. The van der Waals surface area contributed by atoms with Crippen LogP contribution in [0.15, 0.2) is 48.5 Å². The predicted molar refractivity (Wildman–Crippen MR) is 81.5 cm³/mol. The standard InChI is InChI=1S/C16H9Cl2NO2/c17-12-6-5-9(7-13(12)18)15-8-11(16(20)21)10-3-1-2-4-14(10)19-15/h1-8H,(H,20,21)/p-1. The first-order valence-electron chi connectivity index (χ1n) is 6.13. The maximum atomic E-state index is 11.3. The van der Waals surface area contributed by atoms with Gasteiger partial charge in [-0.1, -0.05) is 47.5 Å². The molecule has 0 saturated carbocycles. The molecule has 0 spiro atoms. The Morgan fingerprint density at radius 1 is 1.00 bits per heavy atom. The number of hydrogen-bond acceptors (Lipinski definition) is 3. The van der Waals surface area contributed by atoms with Crippen LogP contribution < -0.4 is 5.11 Å². The molecular weight excluding hydrogens is 309 g/mol. The topological polar surface area (TPSA) is 53.0 Å². The molecule has 3 rings (SSSR count). The second-order valence-electron chi connectivity index (χ2n) is 4.49. The van der Waals surface area contributed by atoms with Gasteiger partial charge < -0.3 is 9.90 Å². The van der Waals surface area contributed by atoms with Crippen molar-refractivity contribution < 1.29 is 9.90 Å². The Morgan fingerprint density at radius 2 is 1.76 bits per heavy atom. The minimum Gasteiger partial charge on any atom is -0.545 e. The number of fused-ring (bicyclic) bond motifs is 1. The number of halogens is 2. The molecule has 1 aromatic heterocycles. The molecule has 3 aromatic rings. The van der Waals surface area contributed by atoms with Crippen LogP contribution in [0.2, 0.25) is 10.0 Å². The molecule has 0 fully saturated rings. The fourth-order valence-corrected chi connectivity index (χ4v) is 2.45. The van der Waals surface area contributed by atoms with E-state index in [1.807, 2.05) is 0 Å². The molecule has 0 saturated heterocycles. The van der Waals surface area contributed by atoms with Gasteiger partial charge in [0.1, 0.15) is 0 Å². The lowest BCUT2D eigenvalue weighted by molar-refractivity contribution is -0.254. The van der Waals surface area contributed by atoms with E-state index in [0.29, 0.717) is 32.2 Å². The van der Waals surface area contributed by atoms with E-state index < -0.39 is 5.97 Å². The zero-order chi connectivity index (χ0) is 15.0. The van der Waals surface area contributed by atoms with Crippen molar-refractivity contribution in [1.82, 2.24) is 4.98 Å². The second kappa shape index (κ2) is 5.35. The van der Waals surface area contributed by atoms with Crippen molar-refractivity contribution in [2.45, 2.75) is 0 Å². The van der Waals surface area contributed by atoms with Crippen LogP contribution in [-0.4, -0.2) is 11.0 Å². The van der Waals surface area contributed by atoms with Crippen molar-refractivity contribution in [3.05, 3.63) is 64.1 Å². The largest absolute Gasteiger partial charge is 0.545 e. The molecule has 0 aliphatic carbocycles. The maximum absolute atomic E-state index is 11.3. The zero-order valence-electron chi connectivity index (χ0n) is 10.6. The Morgan fingerprint density at radius 3 is 2.48 bits per heavy atom. The summed E-state index contributed by atoms with van der Waals surface area (Å²) in [5.74, 6) is -1.24. The van der Waals surface area contributed by atoms with Crippen molar-refractivity contribution >= 4 is 40.1 Å². The SMILES string of the molecule is O=C([O-])c1cc(-c2ccc(Cl)c(Cl)c2)nc2ccccc12. The highest BCUT2D eigenvalue weighted by molar-refractivity contribution is 6.42. The van der Waals surface area contributed by atoms with Gasteiger partial charge in [0, 0.05) is 16.5 Å². The number of hydrogen-bond donors (Lipinski definition) is 0. The predicted octanol–water partition coefficient (Wildman–Crippen LogP) is 3.57. The van der Waals surface area contributed by atoms with Gasteiger partial charge in [-0.3, -0.25) is 0 Å². The molecule has 0 bridgehead atoms. The van der Waals surface area contributed by atoms with Gasteiger partial charge in [0.25, 0.3) is 0 Å². The molecule has 0 aliphatic rings. The molecular formula is C16H8Cl2NO2-. The molecule has 0 atom stereocenters. The normalized spacial score (nSPS) is 10.8. The third kappa shape index (κ3) is 2.58. The van der Waals surface area contributed by atoms with Gasteiger partial charge in [0.05, 0.1) is 27.2 Å². The number of aromatic carboxylic acids is 1. The summed E-state index contributed by atoms with van der Waals surface area (Å²) in [5, 5.41) is 12.7. The number of carboxylic acids is 1. The zero-order valence-corrected chi connectivity index (χ0v) is 12.2. The number of nitrogens with zero attached hydrogens (tertiary/aromatic N) is 1. The van der Waals surface area contributed by atoms with Crippen molar-refractivity contribution in [3.8, 4) is 11.3 Å². The highest BCUT2D eigenvalue weighted by Crippen LogP contribution is 2.29. The number of carbonyl (C=O) groups is 1. The van der Waals surface area contributed by atoms with E-state index in [4.69, 9.17) is 23.2 Å². The first-order chi connectivity index (χ1) is 10.1. The van der Waals surface area contributed by atoms with E-state index in [1.54, 1.807) is 42.5 Å². The van der Waals surface area contributed by atoms with Gasteiger partial charge in [-0.25, -0.2) is 4.98 Å². The van der Waals surface area contributed by atoms with Crippen LogP contribution in [0.4, 0.5) is 0 Å². The smallest absolute Gasteiger partial charge is 0.0722 e. The Labute approximate surface area is 130 Å². The summed E-state index contributed by atoms with van der Waals surface area (Å²) in [6.45, 7) is 0. The maximum Gasteiger partial charge on any atom is 0.0722 e. The first kappa shape index (κ1) is 13.9. The molecule has 0 amide bonds. The van der Waals surface area contributed by atoms with Crippen molar-refractivity contribution in [1.29, 1.82) is 0 Å².